The maximum Gasteiger partial charge on any atom is 0.253 e. The number of aryl methyl sites for hydroxylation is 1. The van der Waals surface area contributed by atoms with Crippen molar-refractivity contribution in [3.63, 3.8) is 0 Å². The Kier molecular flexibility index (Phi) is 8.28. The Bertz CT molecular complexity index is 1020. The van der Waals surface area contributed by atoms with Crippen molar-refractivity contribution in [2.24, 2.45) is 0 Å². The molecule has 6 heteroatoms. The van der Waals surface area contributed by atoms with Crippen molar-refractivity contribution in [3.8, 4) is 5.75 Å². The van der Waals surface area contributed by atoms with E-state index in [0.717, 1.165) is 48.5 Å². The molecule has 172 valence electrons. The average Bonchev–Trinajstić information content (AvgIpc) is 3.12. The van der Waals surface area contributed by atoms with Gasteiger partial charge in [-0.2, -0.15) is 0 Å². The number of benzene rings is 2. The van der Waals surface area contributed by atoms with Crippen LogP contribution in [0.2, 0.25) is 0 Å². The Hall–Kier alpha value is -2.86. The normalized spacial score (nSPS) is 11.3. The quantitative estimate of drug-likeness (QED) is 0.445. The molecule has 0 saturated carbocycles. The second-order valence-corrected chi connectivity index (χ2v) is 8.27. The second-order valence-electron chi connectivity index (χ2n) is 8.27. The summed E-state index contributed by atoms with van der Waals surface area (Å²) in [6, 6.07) is 14.2. The molecule has 0 saturated heterocycles. The molecule has 32 heavy (non-hydrogen) atoms. The van der Waals surface area contributed by atoms with E-state index in [1.165, 1.54) is 5.56 Å². The average molecular weight is 437 g/mol. The zero-order chi connectivity index (χ0) is 23.1. The number of aromatic nitrogens is 2. The summed E-state index contributed by atoms with van der Waals surface area (Å²) < 4.78 is 7.88. The van der Waals surface area contributed by atoms with Crippen molar-refractivity contribution in [1.29, 1.82) is 0 Å². The molecule has 3 rings (SSSR count). The lowest BCUT2D eigenvalue weighted by atomic mass is 10.1. The van der Waals surface area contributed by atoms with Gasteiger partial charge in [0.1, 0.15) is 11.6 Å². The van der Waals surface area contributed by atoms with Gasteiger partial charge in [0, 0.05) is 31.6 Å². The first-order valence-corrected chi connectivity index (χ1v) is 11.6. The predicted octanol–water partition coefficient (Wildman–Crippen LogP) is 4.46. The van der Waals surface area contributed by atoms with Gasteiger partial charge in [0.2, 0.25) is 0 Å². The van der Waals surface area contributed by atoms with Gasteiger partial charge in [0.05, 0.1) is 17.6 Å². The maximum absolute atomic E-state index is 12.8. The van der Waals surface area contributed by atoms with Gasteiger partial charge in [-0.15, -0.1) is 0 Å². The molecule has 1 aromatic heterocycles. The summed E-state index contributed by atoms with van der Waals surface area (Å²) in [4.78, 5) is 21.8. The largest absolute Gasteiger partial charge is 0.494 e. The van der Waals surface area contributed by atoms with Crippen LogP contribution in [-0.2, 0) is 13.0 Å². The zero-order valence-corrected chi connectivity index (χ0v) is 20.1. The van der Waals surface area contributed by atoms with Gasteiger partial charge in [0.25, 0.3) is 5.91 Å². The lowest BCUT2D eigenvalue weighted by Crippen LogP contribution is -2.30. The van der Waals surface area contributed by atoms with Crippen LogP contribution in [0.3, 0.4) is 0 Å². The van der Waals surface area contributed by atoms with Crippen molar-refractivity contribution < 1.29 is 9.53 Å². The molecular weight excluding hydrogens is 400 g/mol. The number of amides is 1. The molecule has 0 aliphatic rings. The third kappa shape index (κ3) is 5.68. The van der Waals surface area contributed by atoms with Gasteiger partial charge in [-0.25, -0.2) is 4.98 Å². The highest BCUT2D eigenvalue weighted by Crippen LogP contribution is 2.22. The van der Waals surface area contributed by atoms with Crippen LogP contribution in [-0.4, -0.2) is 65.6 Å². The summed E-state index contributed by atoms with van der Waals surface area (Å²) in [7, 11) is 4.19. The highest BCUT2D eigenvalue weighted by molar-refractivity contribution is 5.97. The molecule has 0 N–H and O–H groups in total. The lowest BCUT2D eigenvalue weighted by molar-refractivity contribution is 0.0773. The standard InChI is InChI=1S/C26H36N4O2/c1-6-29(7-2)26(31)21-12-15-24-23(19-21)27-25(30(24)17-9-16-28(4)5)18-20-10-13-22(14-11-20)32-8-3/h10-15,19H,6-9,16-18H2,1-5H3. The number of hydrogen-bond acceptors (Lipinski definition) is 4. The molecule has 1 amide bonds. The van der Waals surface area contributed by atoms with Gasteiger partial charge in [-0.05, 0) is 83.7 Å². The molecule has 0 aliphatic heterocycles. The lowest BCUT2D eigenvalue weighted by Gasteiger charge is -2.18. The van der Waals surface area contributed by atoms with Gasteiger partial charge < -0.3 is 19.1 Å². The highest BCUT2D eigenvalue weighted by Gasteiger charge is 2.17. The number of fused-ring (bicyclic) bond motifs is 1. The van der Waals surface area contributed by atoms with Gasteiger partial charge in [-0.1, -0.05) is 12.1 Å². The molecule has 0 atom stereocenters. The number of carbonyl (C=O) groups is 1. The summed E-state index contributed by atoms with van der Waals surface area (Å²) >= 11 is 0. The monoisotopic (exact) mass is 436 g/mol. The Morgan fingerprint density at radius 2 is 1.75 bits per heavy atom. The van der Waals surface area contributed by atoms with Crippen LogP contribution in [0.25, 0.3) is 11.0 Å². The number of imidazole rings is 1. The van der Waals surface area contributed by atoms with Crippen LogP contribution in [0.1, 0.15) is 48.9 Å². The summed E-state index contributed by atoms with van der Waals surface area (Å²) in [5.41, 5.74) is 3.86. The van der Waals surface area contributed by atoms with E-state index >= 15 is 0 Å². The molecule has 0 aliphatic carbocycles. The second kappa shape index (κ2) is 11.1. The number of rotatable bonds is 11. The molecule has 3 aromatic rings. The predicted molar refractivity (Wildman–Crippen MR) is 131 cm³/mol. The first-order chi connectivity index (χ1) is 15.5. The Balaban J connectivity index is 1.93. The van der Waals surface area contributed by atoms with E-state index < -0.39 is 0 Å². The summed E-state index contributed by atoms with van der Waals surface area (Å²) in [5, 5.41) is 0. The van der Waals surface area contributed by atoms with Crippen LogP contribution in [0.4, 0.5) is 0 Å². The minimum absolute atomic E-state index is 0.0621. The molecule has 0 radical (unpaired) electrons. The molecule has 0 unspecified atom stereocenters. The van der Waals surface area contributed by atoms with Crippen molar-refractivity contribution in [3.05, 3.63) is 59.4 Å². The van der Waals surface area contributed by atoms with Gasteiger partial charge >= 0.3 is 0 Å². The van der Waals surface area contributed by atoms with Gasteiger partial charge in [-0.3, -0.25) is 4.79 Å². The van der Waals surface area contributed by atoms with Crippen LogP contribution in [0, 0.1) is 0 Å². The Morgan fingerprint density at radius 1 is 1.03 bits per heavy atom. The number of ether oxygens (including phenoxy) is 1. The van der Waals surface area contributed by atoms with Crippen LogP contribution < -0.4 is 4.74 Å². The molecule has 1 heterocycles. The summed E-state index contributed by atoms with van der Waals surface area (Å²) in [6.07, 6.45) is 1.78. The topological polar surface area (TPSA) is 50.6 Å². The van der Waals surface area contributed by atoms with E-state index in [-0.39, 0.29) is 5.91 Å². The fraction of sp³-hybridized carbons (Fsp3) is 0.462. The molecular formula is C26H36N4O2. The van der Waals surface area contributed by atoms with Crippen LogP contribution in [0.5, 0.6) is 5.75 Å². The Morgan fingerprint density at radius 3 is 2.38 bits per heavy atom. The van der Waals surface area contributed by atoms with E-state index in [1.807, 2.05) is 49.9 Å². The molecule has 0 spiro atoms. The third-order valence-corrected chi connectivity index (χ3v) is 5.71. The number of carbonyl (C=O) groups excluding carboxylic acids is 1. The van der Waals surface area contributed by atoms with Gasteiger partial charge in [0.15, 0.2) is 0 Å². The number of hydrogen-bond donors (Lipinski definition) is 0. The van der Waals surface area contributed by atoms with Crippen molar-refractivity contribution in [1.82, 2.24) is 19.4 Å². The minimum atomic E-state index is 0.0621. The van der Waals surface area contributed by atoms with E-state index in [0.29, 0.717) is 25.3 Å². The molecule has 6 nitrogen and oxygen atoms in total. The van der Waals surface area contributed by atoms with Crippen molar-refractivity contribution in [2.75, 3.05) is 40.3 Å². The maximum atomic E-state index is 12.8. The zero-order valence-electron chi connectivity index (χ0n) is 20.1. The first-order valence-electron chi connectivity index (χ1n) is 11.6. The summed E-state index contributed by atoms with van der Waals surface area (Å²) in [6.45, 7) is 9.98. The summed E-state index contributed by atoms with van der Waals surface area (Å²) in [5.74, 6) is 1.97. The highest BCUT2D eigenvalue weighted by atomic mass is 16.5. The van der Waals surface area contributed by atoms with E-state index in [1.54, 1.807) is 0 Å². The fourth-order valence-electron chi connectivity index (χ4n) is 3.99. The SMILES string of the molecule is CCOc1ccc(Cc2nc3cc(C(=O)N(CC)CC)ccc3n2CCCN(C)C)cc1. The molecule has 0 bridgehead atoms. The van der Waals surface area contributed by atoms with Crippen LogP contribution >= 0.6 is 0 Å². The minimum Gasteiger partial charge on any atom is -0.494 e. The molecule has 0 fully saturated rings. The van der Waals surface area contributed by atoms with E-state index in [9.17, 15) is 4.79 Å². The first kappa shape index (κ1) is 23.8. The molecule has 2 aromatic carbocycles. The van der Waals surface area contributed by atoms with E-state index in [2.05, 4.69) is 41.8 Å². The Labute approximate surface area is 191 Å². The number of nitrogens with zero attached hydrogens (tertiary/aromatic N) is 4. The van der Waals surface area contributed by atoms with Crippen molar-refractivity contribution >= 4 is 16.9 Å². The van der Waals surface area contributed by atoms with Crippen LogP contribution in [0.15, 0.2) is 42.5 Å². The fourth-order valence-corrected chi connectivity index (χ4v) is 3.99. The smallest absolute Gasteiger partial charge is 0.253 e. The van der Waals surface area contributed by atoms with Crippen molar-refractivity contribution in [2.45, 2.75) is 40.2 Å². The third-order valence-electron chi connectivity index (χ3n) is 5.71. The van der Waals surface area contributed by atoms with E-state index in [4.69, 9.17) is 9.72 Å².